The van der Waals surface area contributed by atoms with Gasteiger partial charge in [0.1, 0.15) is 5.52 Å². The van der Waals surface area contributed by atoms with Crippen molar-refractivity contribution in [2.75, 3.05) is 7.05 Å². The highest BCUT2D eigenvalue weighted by atomic mass is 16.1. The van der Waals surface area contributed by atoms with Crippen LogP contribution < -0.4 is 5.56 Å². The molecule has 4 rings (SSSR count). The second-order valence-corrected chi connectivity index (χ2v) is 6.20. The Balaban J connectivity index is 1.49. The second-order valence-electron chi connectivity index (χ2n) is 6.20. The molecule has 0 N–H and O–H groups in total. The Hall–Kier alpha value is -3.32. The minimum Gasteiger partial charge on any atom is -0.283 e. The maximum atomic E-state index is 12.5. The van der Waals surface area contributed by atoms with Crippen LogP contribution in [0.2, 0.25) is 0 Å². The van der Waals surface area contributed by atoms with Crippen molar-refractivity contribution in [1.29, 1.82) is 0 Å². The predicted molar refractivity (Wildman–Crippen MR) is 98.8 cm³/mol. The largest absolute Gasteiger partial charge is 0.283 e. The molecule has 26 heavy (non-hydrogen) atoms. The van der Waals surface area contributed by atoms with Gasteiger partial charge in [-0.25, -0.2) is 4.68 Å². The first-order valence-electron chi connectivity index (χ1n) is 8.31. The number of hydrogen-bond donors (Lipinski definition) is 0. The molecule has 0 fully saturated rings. The average molecular weight is 346 g/mol. The molecule has 0 saturated heterocycles. The van der Waals surface area contributed by atoms with Crippen molar-refractivity contribution in [1.82, 2.24) is 29.7 Å². The van der Waals surface area contributed by atoms with Gasteiger partial charge in [0.2, 0.25) is 0 Å². The van der Waals surface area contributed by atoms with Crippen LogP contribution in [0.1, 0.15) is 5.56 Å². The lowest BCUT2D eigenvalue weighted by atomic mass is 10.2. The van der Waals surface area contributed by atoms with Crippen molar-refractivity contribution in [3.05, 3.63) is 82.9 Å². The van der Waals surface area contributed by atoms with Gasteiger partial charge in [0, 0.05) is 18.3 Å². The molecule has 0 aliphatic heterocycles. The lowest BCUT2D eigenvalue weighted by molar-refractivity contribution is 0.236. The summed E-state index contributed by atoms with van der Waals surface area (Å²) in [5.41, 5.74) is 2.54. The number of hydrogen-bond acceptors (Lipinski definition) is 5. The van der Waals surface area contributed by atoms with Crippen molar-refractivity contribution in [2.45, 2.75) is 13.2 Å². The van der Waals surface area contributed by atoms with Crippen molar-refractivity contribution in [2.24, 2.45) is 0 Å². The molecule has 0 aliphatic rings. The standard InChI is InChI=1S/C19H18N6O/c1-23(12-15-11-20-24(13-15)16-7-3-2-4-8-16)14-25-19(26)17-9-5-6-10-18(17)21-22-25/h2-11,13H,12,14H2,1H3. The molecule has 0 radical (unpaired) electrons. The van der Waals surface area contributed by atoms with Crippen LogP contribution in [0.4, 0.5) is 0 Å². The first kappa shape index (κ1) is 16.2. The molecule has 0 unspecified atom stereocenters. The third-order valence-corrected chi connectivity index (χ3v) is 4.11. The van der Waals surface area contributed by atoms with Crippen molar-refractivity contribution in [3.8, 4) is 5.69 Å². The Morgan fingerprint density at radius 3 is 2.65 bits per heavy atom. The Morgan fingerprint density at radius 1 is 1.04 bits per heavy atom. The highest BCUT2D eigenvalue weighted by Crippen LogP contribution is 2.09. The number of benzene rings is 2. The highest BCUT2D eigenvalue weighted by Gasteiger charge is 2.09. The molecule has 0 saturated carbocycles. The molecule has 0 spiro atoms. The zero-order valence-electron chi connectivity index (χ0n) is 14.4. The Bertz CT molecular complexity index is 1090. The number of fused-ring (bicyclic) bond motifs is 1. The maximum Gasteiger partial charge on any atom is 0.278 e. The molecule has 130 valence electrons. The van der Waals surface area contributed by atoms with E-state index < -0.39 is 0 Å². The number of nitrogens with zero attached hydrogens (tertiary/aromatic N) is 6. The van der Waals surface area contributed by atoms with Gasteiger partial charge in [0.05, 0.1) is 23.9 Å². The number of aromatic nitrogens is 5. The zero-order valence-corrected chi connectivity index (χ0v) is 14.4. The normalized spacial score (nSPS) is 11.3. The molecule has 2 heterocycles. The highest BCUT2D eigenvalue weighted by molar-refractivity contribution is 5.76. The van der Waals surface area contributed by atoms with Crippen molar-refractivity contribution in [3.63, 3.8) is 0 Å². The minimum absolute atomic E-state index is 0.137. The summed E-state index contributed by atoms with van der Waals surface area (Å²) in [5, 5.41) is 13.1. The third kappa shape index (κ3) is 3.25. The fourth-order valence-corrected chi connectivity index (χ4v) is 2.87. The first-order chi connectivity index (χ1) is 12.7. The van der Waals surface area contributed by atoms with Gasteiger partial charge in [-0.15, -0.1) is 5.10 Å². The van der Waals surface area contributed by atoms with E-state index in [2.05, 4.69) is 15.4 Å². The smallest absolute Gasteiger partial charge is 0.278 e. The van der Waals surface area contributed by atoms with Gasteiger partial charge in [-0.3, -0.25) is 9.69 Å². The van der Waals surface area contributed by atoms with Gasteiger partial charge in [-0.2, -0.15) is 9.78 Å². The summed E-state index contributed by atoms with van der Waals surface area (Å²) in [6.45, 7) is 1.00. The average Bonchev–Trinajstić information content (AvgIpc) is 3.13. The molecule has 4 aromatic rings. The molecular formula is C19H18N6O. The summed E-state index contributed by atoms with van der Waals surface area (Å²) < 4.78 is 3.22. The van der Waals surface area contributed by atoms with E-state index in [0.717, 1.165) is 11.3 Å². The van der Waals surface area contributed by atoms with E-state index in [9.17, 15) is 4.79 Å². The van der Waals surface area contributed by atoms with Gasteiger partial charge in [0.25, 0.3) is 5.56 Å². The van der Waals surface area contributed by atoms with Gasteiger partial charge >= 0.3 is 0 Å². The van der Waals surface area contributed by atoms with Crippen LogP contribution >= 0.6 is 0 Å². The lowest BCUT2D eigenvalue weighted by Crippen LogP contribution is -2.32. The predicted octanol–water partition coefficient (Wildman–Crippen LogP) is 2.07. The SMILES string of the molecule is CN(Cc1cnn(-c2ccccc2)c1)Cn1nnc2ccccc2c1=O. The topological polar surface area (TPSA) is 68.8 Å². The fourth-order valence-electron chi connectivity index (χ4n) is 2.87. The summed E-state index contributed by atoms with van der Waals surface area (Å²) in [7, 11) is 1.93. The number of para-hydroxylation sites is 1. The maximum absolute atomic E-state index is 12.5. The van der Waals surface area contributed by atoms with E-state index in [1.165, 1.54) is 4.68 Å². The van der Waals surface area contributed by atoms with E-state index in [1.54, 1.807) is 12.1 Å². The third-order valence-electron chi connectivity index (χ3n) is 4.11. The van der Waals surface area contributed by atoms with Crippen molar-refractivity contribution < 1.29 is 0 Å². The molecule has 2 aromatic carbocycles. The van der Waals surface area contributed by atoms with Gasteiger partial charge in [0.15, 0.2) is 0 Å². The molecule has 0 atom stereocenters. The van der Waals surface area contributed by atoms with Gasteiger partial charge in [-0.05, 0) is 31.3 Å². The summed E-state index contributed by atoms with van der Waals surface area (Å²) in [6, 6.07) is 17.2. The van der Waals surface area contributed by atoms with Crippen LogP contribution in [-0.4, -0.2) is 36.7 Å². The van der Waals surface area contributed by atoms with E-state index >= 15 is 0 Å². The molecular weight excluding hydrogens is 328 g/mol. The molecule has 2 aromatic heterocycles. The van der Waals surface area contributed by atoms with Crippen LogP contribution in [0.3, 0.4) is 0 Å². The molecule has 0 amide bonds. The second kappa shape index (κ2) is 6.89. The lowest BCUT2D eigenvalue weighted by Gasteiger charge is -2.15. The van der Waals surface area contributed by atoms with E-state index in [1.807, 2.05) is 71.5 Å². The molecule has 7 heteroatoms. The number of rotatable bonds is 5. The van der Waals surface area contributed by atoms with E-state index in [0.29, 0.717) is 24.1 Å². The molecule has 0 aliphatic carbocycles. The monoisotopic (exact) mass is 346 g/mol. The zero-order chi connectivity index (χ0) is 17.9. The summed E-state index contributed by atoms with van der Waals surface area (Å²) in [4.78, 5) is 14.5. The fraction of sp³-hybridized carbons (Fsp3) is 0.158. The van der Waals surface area contributed by atoms with Crippen LogP contribution in [0, 0.1) is 0 Å². The van der Waals surface area contributed by atoms with E-state index in [-0.39, 0.29) is 5.56 Å². The van der Waals surface area contributed by atoms with Crippen LogP contribution in [0.25, 0.3) is 16.6 Å². The molecule has 0 bridgehead atoms. The minimum atomic E-state index is -0.137. The Morgan fingerprint density at radius 2 is 1.81 bits per heavy atom. The van der Waals surface area contributed by atoms with Crippen LogP contribution in [-0.2, 0) is 13.2 Å². The van der Waals surface area contributed by atoms with E-state index in [4.69, 9.17) is 0 Å². The van der Waals surface area contributed by atoms with Gasteiger partial charge < -0.3 is 0 Å². The summed E-state index contributed by atoms with van der Waals surface area (Å²) in [5.74, 6) is 0. The summed E-state index contributed by atoms with van der Waals surface area (Å²) in [6.07, 6.45) is 3.82. The van der Waals surface area contributed by atoms with Gasteiger partial charge in [-0.1, -0.05) is 35.5 Å². The van der Waals surface area contributed by atoms with Crippen molar-refractivity contribution >= 4 is 10.9 Å². The molecule has 7 nitrogen and oxygen atoms in total. The summed E-state index contributed by atoms with van der Waals surface area (Å²) >= 11 is 0. The quantitative estimate of drug-likeness (QED) is 0.553. The van der Waals surface area contributed by atoms with Crippen LogP contribution in [0.15, 0.2) is 71.8 Å². The Labute approximate surface area is 150 Å². The first-order valence-corrected chi connectivity index (χ1v) is 8.31. The van der Waals surface area contributed by atoms with Crippen LogP contribution in [0.5, 0.6) is 0 Å². The Kier molecular flexibility index (Phi) is 4.28.